The molecule has 110 valence electrons. The van der Waals surface area contributed by atoms with Crippen molar-refractivity contribution >= 4 is 6.03 Å². The minimum Gasteiger partial charge on any atom is -0.493 e. The fourth-order valence-corrected chi connectivity index (χ4v) is 2.49. The highest BCUT2D eigenvalue weighted by atomic mass is 16.5. The molecule has 0 spiro atoms. The first-order valence-corrected chi connectivity index (χ1v) is 7.22. The third-order valence-electron chi connectivity index (χ3n) is 3.74. The van der Waals surface area contributed by atoms with Crippen LogP contribution in [0.3, 0.4) is 0 Å². The number of nitrogens with zero attached hydrogens (tertiary/aromatic N) is 2. The van der Waals surface area contributed by atoms with Crippen LogP contribution in [-0.4, -0.2) is 49.6 Å². The summed E-state index contributed by atoms with van der Waals surface area (Å²) >= 11 is 0. The first-order valence-electron chi connectivity index (χ1n) is 7.22. The number of carbonyl (C=O) groups is 1. The van der Waals surface area contributed by atoms with Crippen LogP contribution in [0.25, 0.3) is 0 Å². The Morgan fingerprint density at radius 2 is 2.05 bits per heavy atom. The van der Waals surface area contributed by atoms with Crippen LogP contribution in [0.2, 0.25) is 0 Å². The lowest BCUT2D eigenvalue weighted by atomic mass is 9.98. The van der Waals surface area contributed by atoms with Gasteiger partial charge in [0.2, 0.25) is 0 Å². The van der Waals surface area contributed by atoms with Gasteiger partial charge in [-0.05, 0) is 43.4 Å². The van der Waals surface area contributed by atoms with Crippen LogP contribution >= 0.6 is 0 Å². The van der Waals surface area contributed by atoms with Crippen molar-refractivity contribution in [1.82, 2.24) is 9.80 Å². The average molecular weight is 276 g/mol. The van der Waals surface area contributed by atoms with E-state index in [2.05, 4.69) is 19.1 Å². The second kappa shape index (κ2) is 6.64. The minimum absolute atomic E-state index is 0.114. The predicted molar refractivity (Wildman–Crippen MR) is 80.1 cm³/mol. The SMILES string of the molecule is Cc1cccc(OCC2CCN(C(=O)N(C)C)CC2)c1. The summed E-state index contributed by atoms with van der Waals surface area (Å²) in [4.78, 5) is 15.4. The summed E-state index contributed by atoms with van der Waals surface area (Å²) < 4.78 is 5.86. The molecule has 1 aliphatic rings. The van der Waals surface area contributed by atoms with E-state index >= 15 is 0 Å². The van der Waals surface area contributed by atoms with E-state index in [-0.39, 0.29) is 6.03 Å². The van der Waals surface area contributed by atoms with E-state index in [0.717, 1.165) is 38.3 Å². The summed E-state index contributed by atoms with van der Waals surface area (Å²) in [6.45, 7) is 4.48. The lowest BCUT2D eigenvalue weighted by molar-refractivity contribution is 0.129. The molecular formula is C16H24N2O2. The molecule has 0 N–H and O–H groups in total. The van der Waals surface area contributed by atoms with Gasteiger partial charge in [0, 0.05) is 27.2 Å². The molecular weight excluding hydrogens is 252 g/mol. The van der Waals surface area contributed by atoms with Crippen molar-refractivity contribution in [3.8, 4) is 5.75 Å². The number of aryl methyl sites for hydroxylation is 1. The maximum atomic E-state index is 11.8. The standard InChI is InChI=1S/C16H24N2O2/c1-13-5-4-6-15(11-13)20-12-14-7-9-18(10-8-14)16(19)17(2)3/h4-6,11,14H,7-10,12H2,1-3H3. The number of benzene rings is 1. The van der Waals surface area contributed by atoms with Crippen molar-refractivity contribution in [3.63, 3.8) is 0 Å². The molecule has 1 aromatic rings. The summed E-state index contributed by atoms with van der Waals surface area (Å²) in [5.74, 6) is 1.48. The smallest absolute Gasteiger partial charge is 0.319 e. The molecule has 0 aromatic heterocycles. The van der Waals surface area contributed by atoms with Gasteiger partial charge in [0.05, 0.1) is 6.61 Å². The monoisotopic (exact) mass is 276 g/mol. The molecule has 0 bridgehead atoms. The Bertz CT molecular complexity index is 452. The van der Waals surface area contributed by atoms with Gasteiger partial charge < -0.3 is 14.5 Å². The molecule has 1 aliphatic heterocycles. The van der Waals surface area contributed by atoms with Gasteiger partial charge in [-0.1, -0.05) is 12.1 Å². The van der Waals surface area contributed by atoms with Crippen LogP contribution in [0.4, 0.5) is 4.79 Å². The third-order valence-corrected chi connectivity index (χ3v) is 3.74. The van der Waals surface area contributed by atoms with Crippen LogP contribution < -0.4 is 4.74 Å². The zero-order valence-corrected chi connectivity index (χ0v) is 12.6. The molecule has 2 rings (SSSR count). The summed E-state index contributed by atoms with van der Waals surface area (Å²) in [5, 5.41) is 0. The summed E-state index contributed by atoms with van der Waals surface area (Å²) in [7, 11) is 3.60. The molecule has 0 atom stereocenters. The third kappa shape index (κ3) is 3.89. The molecule has 20 heavy (non-hydrogen) atoms. The number of piperidine rings is 1. The molecule has 1 saturated heterocycles. The maximum Gasteiger partial charge on any atom is 0.319 e. The lowest BCUT2D eigenvalue weighted by Crippen LogP contribution is -2.44. The van der Waals surface area contributed by atoms with Crippen molar-refractivity contribution < 1.29 is 9.53 Å². The molecule has 4 heteroatoms. The predicted octanol–water partition coefficient (Wildman–Crippen LogP) is 2.77. The second-order valence-electron chi connectivity index (χ2n) is 5.73. The first-order chi connectivity index (χ1) is 9.56. The number of carbonyl (C=O) groups excluding carboxylic acids is 1. The zero-order chi connectivity index (χ0) is 14.5. The molecule has 0 radical (unpaired) electrons. The normalized spacial score (nSPS) is 16.1. The number of hydrogen-bond donors (Lipinski definition) is 0. The van der Waals surface area contributed by atoms with Gasteiger partial charge in [-0.2, -0.15) is 0 Å². The summed E-state index contributed by atoms with van der Waals surface area (Å²) in [6, 6.07) is 8.26. The van der Waals surface area contributed by atoms with Gasteiger partial charge in [0.25, 0.3) is 0 Å². The van der Waals surface area contributed by atoms with E-state index < -0.39 is 0 Å². The molecule has 0 aliphatic carbocycles. The van der Waals surface area contributed by atoms with E-state index in [1.54, 1.807) is 19.0 Å². The van der Waals surface area contributed by atoms with Crippen LogP contribution in [0, 0.1) is 12.8 Å². The minimum atomic E-state index is 0.114. The Labute approximate surface area is 121 Å². The number of urea groups is 1. The largest absolute Gasteiger partial charge is 0.493 e. The highest BCUT2D eigenvalue weighted by molar-refractivity contribution is 5.73. The van der Waals surface area contributed by atoms with E-state index in [0.29, 0.717) is 5.92 Å². The van der Waals surface area contributed by atoms with E-state index in [4.69, 9.17) is 4.74 Å². The number of amides is 2. The number of hydrogen-bond acceptors (Lipinski definition) is 2. The van der Waals surface area contributed by atoms with Gasteiger partial charge in [0.1, 0.15) is 5.75 Å². The van der Waals surface area contributed by atoms with Gasteiger partial charge in [-0.3, -0.25) is 0 Å². The average Bonchev–Trinajstić information content (AvgIpc) is 2.45. The van der Waals surface area contributed by atoms with Crippen LogP contribution in [0.1, 0.15) is 18.4 Å². The highest BCUT2D eigenvalue weighted by Gasteiger charge is 2.23. The van der Waals surface area contributed by atoms with Crippen molar-refractivity contribution in [1.29, 1.82) is 0 Å². The Morgan fingerprint density at radius 3 is 2.65 bits per heavy atom. The molecule has 1 fully saturated rings. The Morgan fingerprint density at radius 1 is 1.35 bits per heavy atom. The van der Waals surface area contributed by atoms with Gasteiger partial charge in [-0.25, -0.2) is 4.79 Å². The topological polar surface area (TPSA) is 32.8 Å². The fourth-order valence-electron chi connectivity index (χ4n) is 2.49. The van der Waals surface area contributed by atoms with Gasteiger partial charge in [0.15, 0.2) is 0 Å². The van der Waals surface area contributed by atoms with E-state index in [1.165, 1.54) is 5.56 Å². The Hall–Kier alpha value is -1.71. The first kappa shape index (κ1) is 14.7. The van der Waals surface area contributed by atoms with Crippen molar-refractivity contribution in [2.24, 2.45) is 5.92 Å². The van der Waals surface area contributed by atoms with Crippen molar-refractivity contribution in [3.05, 3.63) is 29.8 Å². The molecule has 0 unspecified atom stereocenters. The van der Waals surface area contributed by atoms with E-state index in [9.17, 15) is 4.79 Å². The second-order valence-corrected chi connectivity index (χ2v) is 5.73. The zero-order valence-electron chi connectivity index (χ0n) is 12.6. The highest BCUT2D eigenvalue weighted by Crippen LogP contribution is 2.20. The van der Waals surface area contributed by atoms with Crippen molar-refractivity contribution in [2.45, 2.75) is 19.8 Å². The molecule has 1 aromatic carbocycles. The Kier molecular flexibility index (Phi) is 4.88. The van der Waals surface area contributed by atoms with Crippen LogP contribution in [0.15, 0.2) is 24.3 Å². The molecule has 0 saturated carbocycles. The lowest BCUT2D eigenvalue weighted by Gasteiger charge is -2.33. The number of likely N-dealkylation sites (tertiary alicyclic amines) is 1. The number of rotatable bonds is 3. The van der Waals surface area contributed by atoms with Crippen LogP contribution in [-0.2, 0) is 0 Å². The molecule has 4 nitrogen and oxygen atoms in total. The van der Waals surface area contributed by atoms with Gasteiger partial charge >= 0.3 is 6.03 Å². The molecule has 1 heterocycles. The quantitative estimate of drug-likeness (QED) is 0.850. The summed E-state index contributed by atoms with van der Waals surface area (Å²) in [6.07, 6.45) is 2.04. The van der Waals surface area contributed by atoms with Crippen molar-refractivity contribution in [2.75, 3.05) is 33.8 Å². The Balaban J connectivity index is 1.76. The maximum absolute atomic E-state index is 11.8. The summed E-state index contributed by atoms with van der Waals surface area (Å²) in [5.41, 5.74) is 1.22. The van der Waals surface area contributed by atoms with E-state index in [1.807, 2.05) is 17.0 Å². The number of ether oxygens (including phenoxy) is 1. The fraction of sp³-hybridized carbons (Fsp3) is 0.562. The molecule has 2 amide bonds. The van der Waals surface area contributed by atoms with Gasteiger partial charge in [-0.15, -0.1) is 0 Å². The van der Waals surface area contributed by atoms with Crippen LogP contribution in [0.5, 0.6) is 5.75 Å².